The molecule has 3 aromatic carbocycles. The SMILES string of the molecule is Clc1ccccc1Sc1nc(-c2ccccc2)nc2ccccc12. The van der Waals surface area contributed by atoms with Crippen molar-refractivity contribution in [2.45, 2.75) is 9.92 Å². The first-order chi connectivity index (χ1) is 11.8. The fourth-order valence-corrected chi connectivity index (χ4v) is 3.66. The summed E-state index contributed by atoms with van der Waals surface area (Å²) in [7, 11) is 0. The predicted molar refractivity (Wildman–Crippen MR) is 101 cm³/mol. The Hall–Kier alpha value is -2.36. The van der Waals surface area contributed by atoms with Crippen LogP contribution in [-0.4, -0.2) is 9.97 Å². The average Bonchev–Trinajstić information content (AvgIpc) is 2.64. The second-order valence-electron chi connectivity index (χ2n) is 5.27. The third kappa shape index (κ3) is 3.01. The molecule has 0 aliphatic rings. The predicted octanol–water partition coefficient (Wildman–Crippen LogP) is 6.10. The van der Waals surface area contributed by atoms with E-state index in [4.69, 9.17) is 21.6 Å². The van der Waals surface area contributed by atoms with Crippen LogP contribution >= 0.6 is 23.4 Å². The van der Waals surface area contributed by atoms with Gasteiger partial charge in [0.25, 0.3) is 0 Å². The minimum Gasteiger partial charge on any atom is -0.228 e. The van der Waals surface area contributed by atoms with Crippen LogP contribution < -0.4 is 0 Å². The number of hydrogen-bond acceptors (Lipinski definition) is 3. The molecule has 0 unspecified atom stereocenters. The van der Waals surface area contributed by atoms with Crippen LogP contribution in [0.2, 0.25) is 5.02 Å². The van der Waals surface area contributed by atoms with E-state index >= 15 is 0 Å². The molecule has 0 fully saturated rings. The summed E-state index contributed by atoms with van der Waals surface area (Å²) in [5, 5.41) is 2.67. The summed E-state index contributed by atoms with van der Waals surface area (Å²) in [5.41, 5.74) is 1.94. The standard InChI is InChI=1S/C20H13ClN2S/c21-16-11-5-7-13-18(16)24-20-15-10-4-6-12-17(15)22-19(23-20)14-8-2-1-3-9-14/h1-13H. The molecule has 4 heteroatoms. The molecule has 4 aromatic rings. The molecule has 4 rings (SSSR count). The molecule has 0 atom stereocenters. The molecule has 0 N–H and O–H groups in total. The van der Waals surface area contributed by atoms with E-state index in [1.54, 1.807) is 11.8 Å². The number of fused-ring (bicyclic) bond motifs is 1. The van der Waals surface area contributed by atoms with Gasteiger partial charge in [-0.2, -0.15) is 0 Å². The van der Waals surface area contributed by atoms with Crippen LogP contribution in [0.15, 0.2) is 88.8 Å². The van der Waals surface area contributed by atoms with Gasteiger partial charge in [0.05, 0.1) is 10.5 Å². The zero-order chi connectivity index (χ0) is 16.4. The van der Waals surface area contributed by atoms with Gasteiger partial charge in [-0.05, 0) is 18.2 Å². The topological polar surface area (TPSA) is 25.8 Å². The molecule has 2 nitrogen and oxygen atoms in total. The Morgan fingerprint density at radius 1 is 0.708 bits per heavy atom. The van der Waals surface area contributed by atoms with E-state index in [0.29, 0.717) is 0 Å². The van der Waals surface area contributed by atoms with Gasteiger partial charge in [-0.1, -0.05) is 84.0 Å². The molecule has 116 valence electrons. The van der Waals surface area contributed by atoms with Crippen LogP contribution in [0, 0.1) is 0 Å². The Morgan fingerprint density at radius 2 is 1.42 bits per heavy atom. The number of rotatable bonds is 3. The summed E-state index contributed by atoms with van der Waals surface area (Å²) >= 11 is 7.89. The highest BCUT2D eigenvalue weighted by atomic mass is 35.5. The Balaban J connectivity index is 1.88. The van der Waals surface area contributed by atoms with E-state index in [1.807, 2.05) is 78.9 Å². The Bertz CT molecular complexity index is 1000. The monoisotopic (exact) mass is 348 g/mol. The number of para-hydroxylation sites is 1. The Morgan fingerprint density at radius 3 is 2.25 bits per heavy atom. The van der Waals surface area contributed by atoms with Gasteiger partial charge in [0.15, 0.2) is 5.82 Å². The normalized spacial score (nSPS) is 10.9. The maximum Gasteiger partial charge on any atom is 0.161 e. The second-order valence-corrected chi connectivity index (χ2v) is 6.71. The van der Waals surface area contributed by atoms with Crippen molar-refractivity contribution in [3.63, 3.8) is 0 Å². The van der Waals surface area contributed by atoms with Crippen LogP contribution in [0.3, 0.4) is 0 Å². The molecule has 0 amide bonds. The van der Waals surface area contributed by atoms with Crippen molar-refractivity contribution in [1.82, 2.24) is 9.97 Å². The van der Waals surface area contributed by atoms with Gasteiger partial charge in [-0.25, -0.2) is 9.97 Å². The lowest BCUT2D eigenvalue weighted by Crippen LogP contribution is -1.93. The molecule has 0 saturated heterocycles. The summed E-state index contributed by atoms with van der Waals surface area (Å²) in [6, 6.07) is 25.9. The minimum atomic E-state index is 0.726. The first-order valence-electron chi connectivity index (χ1n) is 7.56. The molecular weight excluding hydrogens is 336 g/mol. The van der Waals surface area contributed by atoms with Crippen molar-refractivity contribution in [2.24, 2.45) is 0 Å². The van der Waals surface area contributed by atoms with E-state index in [-0.39, 0.29) is 0 Å². The maximum absolute atomic E-state index is 6.32. The highest BCUT2D eigenvalue weighted by Gasteiger charge is 2.11. The van der Waals surface area contributed by atoms with Crippen molar-refractivity contribution in [3.05, 3.63) is 83.9 Å². The quantitative estimate of drug-likeness (QED) is 0.418. The number of hydrogen-bond donors (Lipinski definition) is 0. The summed E-state index contributed by atoms with van der Waals surface area (Å²) in [4.78, 5) is 10.5. The average molecular weight is 349 g/mol. The van der Waals surface area contributed by atoms with Gasteiger partial charge in [-0.3, -0.25) is 0 Å². The smallest absolute Gasteiger partial charge is 0.161 e. The minimum absolute atomic E-state index is 0.726. The zero-order valence-electron chi connectivity index (χ0n) is 12.7. The van der Waals surface area contributed by atoms with Gasteiger partial charge in [-0.15, -0.1) is 0 Å². The summed E-state index contributed by atoms with van der Waals surface area (Å²) in [6.07, 6.45) is 0. The zero-order valence-corrected chi connectivity index (χ0v) is 14.3. The third-order valence-electron chi connectivity index (χ3n) is 3.64. The van der Waals surface area contributed by atoms with E-state index in [1.165, 1.54) is 0 Å². The van der Waals surface area contributed by atoms with E-state index < -0.39 is 0 Å². The van der Waals surface area contributed by atoms with E-state index in [0.717, 1.165) is 37.2 Å². The largest absolute Gasteiger partial charge is 0.228 e. The fourth-order valence-electron chi connectivity index (χ4n) is 2.47. The van der Waals surface area contributed by atoms with E-state index in [9.17, 15) is 0 Å². The van der Waals surface area contributed by atoms with E-state index in [2.05, 4.69) is 0 Å². The van der Waals surface area contributed by atoms with Crippen LogP contribution in [0.4, 0.5) is 0 Å². The molecule has 24 heavy (non-hydrogen) atoms. The number of aromatic nitrogens is 2. The first-order valence-corrected chi connectivity index (χ1v) is 8.75. The fraction of sp³-hybridized carbons (Fsp3) is 0. The second kappa shape index (κ2) is 6.63. The molecule has 0 bridgehead atoms. The summed E-state index contributed by atoms with van der Waals surface area (Å²) < 4.78 is 0. The molecule has 0 radical (unpaired) electrons. The van der Waals surface area contributed by atoms with Gasteiger partial charge >= 0.3 is 0 Å². The molecule has 0 saturated carbocycles. The Labute approximate surface area is 149 Å². The van der Waals surface area contributed by atoms with Crippen molar-refractivity contribution in [3.8, 4) is 11.4 Å². The van der Waals surface area contributed by atoms with Crippen LogP contribution in [0.5, 0.6) is 0 Å². The molecule has 0 spiro atoms. The van der Waals surface area contributed by atoms with Crippen LogP contribution in [-0.2, 0) is 0 Å². The lowest BCUT2D eigenvalue weighted by molar-refractivity contribution is 1.11. The van der Waals surface area contributed by atoms with Crippen molar-refractivity contribution in [1.29, 1.82) is 0 Å². The number of halogens is 1. The van der Waals surface area contributed by atoms with Crippen molar-refractivity contribution in [2.75, 3.05) is 0 Å². The Kier molecular flexibility index (Phi) is 4.20. The van der Waals surface area contributed by atoms with Crippen LogP contribution in [0.1, 0.15) is 0 Å². The molecule has 1 heterocycles. The highest BCUT2D eigenvalue weighted by molar-refractivity contribution is 7.99. The van der Waals surface area contributed by atoms with Gasteiger partial charge in [0, 0.05) is 15.8 Å². The summed E-state index contributed by atoms with van der Waals surface area (Å²) in [5.74, 6) is 0.726. The van der Waals surface area contributed by atoms with Gasteiger partial charge in [0.2, 0.25) is 0 Å². The van der Waals surface area contributed by atoms with Crippen molar-refractivity contribution < 1.29 is 0 Å². The molecular formula is C20H13ClN2S. The number of nitrogens with zero attached hydrogens (tertiary/aromatic N) is 2. The molecule has 0 aliphatic carbocycles. The van der Waals surface area contributed by atoms with Gasteiger partial charge in [0.1, 0.15) is 5.03 Å². The third-order valence-corrected chi connectivity index (χ3v) is 5.17. The van der Waals surface area contributed by atoms with Gasteiger partial charge < -0.3 is 0 Å². The highest BCUT2D eigenvalue weighted by Crippen LogP contribution is 2.36. The lowest BCUT2D eigenvalue weighted by atomic mass is 10.2. The lowest BCUT2D eigenvalue weighted by Gasteiger charge is -2.09. The molecule has 0 aliphatic heterocycles. The van der Waals surface area contributed by atoms with Crippen molar-refractivity contribution >= 4 is 34.3 Å². The first kappa shape index (κ1) is 15.2. The molecule has 1 aromatic heterocycles. The number of benzene rings is 3. The maximum atomic E-state index is 6.32. The van der Waals surface area contributed by atoms with Crippen LogP contribution in [0.25, 0.3) is 22.3 Å². The summed E-state index contributed by atoms with van der Waals surface area (Å²) in [6.45, 7) is 0.